The molecule has 1 saturated heterocycles. The fourth-order valence-electron chi connectivity index (χ4n) is 5.19. The van der Waals surface area contributed by atoms with Crippen LogP contribution in [0.2, 0.25) is 0 Å². The van der Waals surface area contributed by atoms with Gasteiger partial charge >= 0.3 is 6.09 Å². The van der Waals surface area contributed by atoms with E-state index < -0.39 is 6.09 Å². The quantitative estimate of drug-likeness (QED) is 0.453. The Morgan fingerprint density at radius 3 is 2.77 bits per heavy atom. The van der Waals surface area contributed by atoms with Gasteiger partial charge in [0.05, 0.1) is 18.3 Å². The third-order valence-corrected chi connectivity index (χ3v) is 6.79. The number of carbonyl (C=O) groups is 2. The molecule has 2 aromatic carbocycles. The molecule has 1 atom stereocenters. The molecule has 1 fully saturated rings. The number of ether oxygens (including phenoxy) is 1. The van der Waals surface area contributed by atoms with Gasteiger partial charge in [-0.2, -0.15) is 0 Å². The molecule has 3 heterocycles. The number of para-hydroxylation sites is 1. The predicted octanol–water partition coefficient (Wildman–Crippen LogP) is 4.10. The van der Waals surface area contributed by atoms with Crippen LogP contribution in [0.5, 0.6) is 5.75 Å². The molecule has 35 heavy (non-hydrogen) atoms. The van der Waals surface area contributed by atoms with Crippen LogP contribution >= 0.6 is 0 Å². The number of nitrogens with one attached hydrogen (secondary N) is 1. The maximum absolute atomic E-state index is 13.4. The third-order valence-electron chi connectivity index (χ3n) is 6.79. The van der Waals surface area contributed by atoms with Crippen molar-refractivity contribution >= 4 is 33.9 Å². The number of hydrogen-bond donors (Lipinski definition) is 2. The Kier molecular flexibility index (Phi) is 5.84. The molecule has 0 radical (unpaired) electrons. The summed E-state index contributed by atoms with van der Waals surface area (Å²) in [6, 6.07) is 13.7. The highest BCUT2D eigenvalue weighted by Crippen LogP contribution is 2.34. The SMILES string of the molecule is CCn1c(-c2nc3cc(C(=O)N4CCCC(NC(=O)O)C4)cc(OC)c3n2C)cc2ccccc21. The highest BCUT2D eigenvalue weighted by Gasteiger charge is 2.27. The van der Waals surface area contributed by atoms with Crippen LogP contribution in [0.3, 0.4) is 0 Å². The van der Waals surface area contributed by atoms with Crippen molar-refractivity contribution in [3.8, 4) is 17.3 Å². The minimum atomic E-state index is -1.07. The van der Waals surface area contributed by atoms with E-state index in [2.05, 4.69) is 35.0 Å². The Morgan fingerprint density at radius 1 is 1.23 bits per heavy atom. The number of hydrogen-bond acceptors (Lipinski definition) is 4. The Labute approximate surface area is 202 Å². The zero-order chi connectivity index (χ0) is 24.7. The standard InChI is InChI=1S/C26H29N5O4/c1-4-31-20-10-6-5-8-16(20)13-21(31)24-28-19-12-17(14-22(35-3)23(19)29(24)2)25(32)30-11-7-9-18(15-30)27-26(33)34/h5-6,8,10,12-14,18,27H,4,7,9,11,15H2,1-3H3,(H,33,34). The van der Waals surface area contributed by atoms with E-state index in [0.717, 1.165) is 40.9 Å². The first-order valence-corrected chi connectivity index (χ1v) is 11.8. The van der Waals surface area contributed by atoms with Gasteiger partial charge < -0.3 is 29.2 Å². The van der Waals surface area contributed by atoms with Crippen LogP contribution in [0.15, 0.2) is 42.5 Å². The molecule has 0 bridgehead atoms. The maximum atomic E-state index is 13.4. The molecule has 1 aliphatic heterocycles. The zero-order valence-electron chi connectivity index (χ0n) is 20.1. The topological polar surface area (TPSA) is 102 Å². The highest BCUT2D eigenvalue weighted by atomic mass is 16.5. The molecule has 4 aromatic rings. The first-order chi connectivity index (χ1) is 16.9. The van der Waals surface area contributed by atoms with Crippen molar-refractivity contribution in [2.75, 3.05) is 20.2 Å². The molecular formula is C26H29N5O4. The first kappa shape index (κ1) is 22.8. The Bertz CT molecular complexity index is 1440. The van der Waals surface area contributed by atoms with E-state index in [1.807, 2.05) is 23.7 Å². The largest absolute Gasteiger partial charge is 0.494 e. The fraction of sp³-hybridized carbons (Fsp3) is 0.346. The predicted molar refractivity (Wildman–Crippen MR) is 134 cm³/mol. The fourth-order valence-corrected chi connectivity index (χ4v) is 5.19. The van der Waals surface area contributed by atoms with Crippen LogP contribution in [0.4, 0.5) is 4.79 Å². The number of carboxylic acid groups (broad SMARTS) is 1. The summed E-state index contributed by atoms with van der Waals surface area (Å²) in [7, 11) is 3.55. The van der Waals surface area contributed by atoms with Crippen LogP contribution in [-0.4, -0.2) is 62.4 Å². The molecule has 9 nitrogen and oxygen atoms in total. The summed E-state index contributed by atoms with van der Waals surface area (Å²) in [4.78, 5) is 31.1. The van der Waals surface area contributed by atoms with Crippen LogP contribution in [0.1, 0.15) is 30.1 Å². The number of aryl methyl sites for hydroxylation is 2. The van der Waals surface area contributed by atoms with E-state index in [4.69, 9.17) is 14.8 Å². The summed E-state index contributed by atoms with van der Waals surface area (Å²) in [6.45, 7) is 3.84. The van der Waals surface area contributed by atoms with E-state index in [-0.39, 0.29) is 11.9 Å². The summed E-state index contributed by atoms with van der Waals surface area (Å²) in [6.07, 6.45) is 0.386. The van der Waals surface area contributed by atoms with Gasteiger partial charge in [0.1, 0.15) is 11.3 Å². The average molecular weight is 476 g/mol. The van der Waals surface area contributed by atoms with Crippen molar-refractivity contribution in [2.45, 2.75) is 32.4 Å². The summed E-state index contributed by atoms with van der Waals surface area (Å²) >= 11 is 0. The van der Waals surface area contributed by atoms with Crippen LogP contribution in [0.25, 0.3) is 33.5 Å². The summed E-state index contributed by atoms with van der Waals surface area (Å²) in [5.74, 6) is 1.21. The van der Waals surface area contributed by atoms with Crippen molar-refractivity contribution in [2.24, 2.45) is 7.05 Å². The zero-order valence-corrected chi connectivity index (χ0v) is 20.1. The number of nitrogens with zero attached hydrogens (tertiary/aromatic N) is 4. The van der Waals surface area contributed by atoms with Gasteiger partial charge in [0.25, 0.3) is 5.91 Å². The molecule has 0 aliphatic carbocycles. The van der Waals surface area contributed by atoms with Crippen molar-refractivity contribution in [3.05, 3.63) is 48.0 Å². The second-order valence-corrected chi connectivity index (χ2v) is 8.91. The van der Waals surface area contributed by atoms with Gasteiger partial charge in [-0.1, -0.05) is 18.2 Å². The van der Waals surface area contributed by atoms with E-state index in [9.17, 15) is 9.59 Å². The normalized spacial score (nSPS) is 16.1. The Balaban J connectivity index is 1.56. The molecule has 5 rings (SSSR count). The number of imidazole rings is 1. The van der Waals surface area contributed by atoms with Gasteiger partial charge in [-0.15, -0.1) is 0 Å². The number of piperidine rings is 1. The van der Waals surface area contributed by atoms with Crippen molar-refractivity contribution in [3.63, 3.8) is 0 Å². The van der Waals surface area contributed by atoms with Crippen molar-refractivity contribution in [1.82, 2.24) is 24.3 Å². The highest BCUT2D eigenvalue weighted by molar-refractivity contribution is 6.00. The Hall–Kier alpha value is -4.01. The minimum Gasteiger partial charge on any atom is -0.494 e. The molecule has 0 spiro atoms. The van der Waals surface area contributed by atoms with Gasteiger partial charge in [0.15, 0.2) is 5.82 Å². The van der Waals surface area contributed by atoms with Gasteiger partial charge in [0.2, 0.25) is 0 Å². The van der Waals surface area contributed by atoms with Crippen molar-refractivity contribution < 1.29 is 19.4 Å². The smallest absolute Gasteiger partial charge is 0.404 e. The number of aromatic nitrogens is 3. The van der Waals surface area contributed by atoms with Gasteiger partial charge in [-0.25, -0.2) is 9.78 Å². The molecule has 0 saturated carbocycles. The number of rotatable bonds is 5. The molecule has 1 aliphatic rings. The lowest BCUT2D eigenvalue weighted by Crippen LogP contribution is -2.49. The average Bonchev–Trinajstić information content (AvgIpc) is 3.39. The lowest BCUT2D eigenvalue weighted by Gasteiger charge is -2.32. The van der Waals surface area contributed by atoms with E-state index in [1.165, 1.54) is 0 Å². The number of carbonyl (C=O) groups excluding carboxylic acids is 1. The van der Waals surface area contributed by atoms with E-state index in [1.54, 1.807) is 24.1 Å². The number of benzene rings is 2. The van der Waals surface area contributed by atoms with Crippen molar-refractivity contribution in [1.29, 1.82) is 0 Å². The monoisotopic (exact) mass is 475 g/mol. The molecule has 2 amide bonds. The summed E-state index contributed by atoms with van der Waals surface area (Å²) < 4.78 is 9.94. The van der Waals surface area contributed by atoms with Crippen LogP contribution in [0, 0.1) is 0 Å². The molecule has 2 aromatic heterocycles. The molecule has 182 valence electrons. The number of likely N-dealkylation sites (tertiary alicyclic amines) is 1. The van der Waals surface area contributed by atoms with E-state index in [0.29, 0.717) is 36.3 Å². The summed E-state index contributed by atoms with van der Waals surface area (Å²) in [5, 5.41) is 12.7. The van der Waals surface area contributed by atoms with Gasteiger partial charge in [-0.05, 0) is 44.0 Å². The van der Waals surface area contributed by atoms with Crippen LogP contribution < -0.4 is 10.1 Å². The number of methoxy groups -OCH3 is 1. The Morgan fingerprint density at radius 2 is 2.03 bits per heavy atom. The van der Waals surface area contributed by atoms with Gasteiger partial charge in [0, 0.05) is 49.2 Å². The lowest BCUT2D eigenvalue weighted by molar-refractivity contribution is 0.0692. The molecule has 9 heteroatoms. The van der Waals surface area contributed by atoms with E-state index >= 15 is 0 Å². The van der Waals surface area contributed by atoms with Gasteiger partial charge in [-0.3, -0.25) is 4.79 Å². The second kappa shape index (κ2) is 8.98. The first-order valence-electron chi connectivity index (χ1n) is 11.8. The molecule has 2 N–H and O–H groups in total. The summed E-state index contributed by atoms with van der Waals surface area (Å²) in [5.41, 5.74) is 4.12. The molecule has 1 unspecified atom stereocenters. The third kappa shape index (κ3) is 3.96. The number of fused-ring (bicyclic) bond motifs is 2. The number of amides is 2. The van der Waals surface area contributed by atoms with Crippen LogP contribution in [-0.2, 0) is 13.6 Å². The molecular weight excluding hydrogens is 446 g/mol. The second-order valence-electron chi connectivity index (χ2n) is 8.91. The minimum absolute atomic E-state index is 0.156. The maximum Gasteiger partial charge on any atom is 0.404 e. The lowest BCUT2D eigenvalue weighted by atomic mass is 10.0.